The maximum Gasteiger partial charge on any atom is 0.0991 e. The van der Waals surface area contributed by atoms with Crippen molar-refractivity contribution in [1.82, 2.24) is 15.0 Å². The third-order valence-electron chi connectivity index (χ3n) is 6.08. The van der Waals surface area contributed by atoms with Crippen LogP contribution in [0.4, 0.5) is 0 Å². The fourth-order valence-corrected chi connectivity index (χ4v) is 5.29. The number of hydrogen-bond donors (Lipinski definition) is 1. The summed E-state index contributed by atoms with van der Waals surface area (Å²) < 4.78 is 2.12. The summed E-state index contributed by atoms with van der Waals surface area (Å²) in [4.78, 5) is 0. The molecule has 1 heterocycles. The molecule has 0 saturated heterocycles. The molecule has 0 aliphatic heterocycles. The molecule has 0 spiro atoms. The highest BCUT2D eigenvalue weighted by Crippen LogP contribution is 2.56. The number of aromatic nitrogens is 3. The maximum absolute atomic E-state index is 5.70. The Bertz CT molecular complexity index is 450. The monoisotopic (exact) mass is 260 g/mol. The van der Waals surface area contributed by atoms with E-state index >= 15 is 0 Å². The van der Waals surface area contributed by atoms with Crippen LogP contribution in [-0.4, -0.2) is 15.0 Å². The van der Waals surface area contributed by atoms with Crippen LogP contribution >= 0.6 is 0 Å². The SMILES string of the molecule is Cc1c(CN)nnn1CC1C2CC3CC(C2)CC1C3. The zero-order chi connectivity index (χ0) is 13.0. The summed E-state index contributed by atoms with van der Waals surface area (Å²) in [6.07, 6.45) is 7.45. The summed E-state index contributed by atoms with van der Waals surface area (Å²) >= 11 is 0. The van der Waals surface area contributed by atoms with Gasteiger partial charge in [-0.05, 0) is 68.6 Å². The van der Waals surface area contributed by atoms with Gasteiger partial charge in [-0.2, -0.15) is 0 Å². The molecule has 104 valence electrons. The van der Waals surface area contributed by atoms with Crippen LogP contribution in [0.3, 0.4) is 0 Å². The lowest BCUT2D eigenvalue weighted by Gasteiger charge is -2.54. The van der Waals surface area contributed by atoms with Crippen LogP contribution in [0.5, 0.6) is 0 Å². The van der Waals surface area contributed by atoms with Gasteiger partial charge in [-0.25, -0.2) is 4.68 Å². The van der Waals surface area contributed by atoms with Crippen molar-refractivity contribution < 1.29 is 0 Å². The van der Waals surface area contributed by atoms with Crippen LogP contribution in [-0.2, 0) is 13.1 Å². The lowest BCUT2D eigenvalue weighted by Crippen LogP contribution is -2.46. The van der Waals surface area contributed by atoms with Gasteiger partial charge in [0.25, 0.3) is 0 Å². The van der Waals surface area contributed by atoms with Crippen molar-refractivity contribution in [2.75, 3.05) is 0 Å². The Labute approximate surface area is 114 Å². The standard InChI is InChI=1S/C15H24N4/c1-9-15(7-16)17-18-19(9)8-14-12-3-10-2-11(5-12)6-13(14)4-10/h10-14H,2-8,16H2,1H3. The quantitative estimate of drug-likeness (QED) is 0.905. The zero-order valence-corrected chi connectivity index (χ0v) is 11.8. The van der Waals surface area contributed by atoms with E-state index in [4.69, 9.17) is 5.73 Å². The van der Waals surface area contributed by atoms with Gasteiger partial charge in [0.05, 0.1) is 11.4 Å². The van der Waals surface area contributed by atoms with Crippen molar-refractivity contribution in [2.45, 2.75) is 52.1 Å². The first kappa shape index (κ1) is 11.9. The first-order valence-electron chi connectivity index (χ1n) is 7.83. The summed E-state index contributed by atoms with van der Waals surface area (Å²) in [6.45, 7) is 3.69. The molecule has 4 saturated carbocycles. The maximum atomic E-state index is 5.70. The molecule has 5 rings (SSSR count). The molecule has 4 aliphatic rings. The summed E-state index contributed by atoms with van der Waals surface area (Å²) in [5.74, 6) is 4.87. The van der Waals surface area contributed by atoms with Crippen LogP contribution in [0.15, 0.2) is 0 Å². The minimum atomic E-state index is 0.507. The fraction of sp³-hybridized carbons (Fsp3) is 0.867. The molecule has 4 fully saturated rings. The van der Waals surface area contributed by atoms with Gasteiger partial charge in [-0.3, -0.25) is 0 Å². The van der Waals surface area contributed by atoms with Gasteiger partial charge in [0.2, 0.25) is 0 Å². The van der Waals surface area contributed by atoms with E-state index < -0.39 is 0 Å². The molecule has 4 heteroatoms. The second-order valence-corrected chi connectivity index (χ2v) is 7.10. The van der Waals surface area contributed by atoms with E-state index in [1.54, 1.807) is 0 Å². The molecule has 0 radical (unpaired) electrons. The molecule has 1 aromatic heterocycles. The number of nitrogens with two attached hydrogens (primary N) is 1. The summed E-state index contributed by atoms with van der Waals surface area (Å²) in [7, 11) is 0. The predicted molar refractivity (Wildman–Crippen MR) is 73.2 cm³/mol. The average molecular weight is 260 g/mol. The van der Waals surface area contributed by atoms with Crippen molar-refractivity contribution in [3.05, 3.63) is 11.4 Å². The van der Waals surface area contributed by atoms with Crippen LogP contribution < -0.4 is 5.73 Å². The van der Waals surface area contributed by atoms with Crippen molar-refractivity contribution in [1.29, 1.82) is 0 Å². The van der Waals surface area contributed by atoms with Crippen molar-refractivity contribution in [2.24, 2.45) is 35.3 Å². The van der Waals surface area contributed by atoms with Gasteiger partial charge in [0, 0.05) is 13.1 Å². The molecule has 1 aromatic rings. The second-order valence-electron chi connectivity index (χ2n) is 7.10. The predicted octanol–water partition coefficient (Wildman–Crippen LogP) is 2.12. The highest BCUT2D eigenvalue weighted by atomic mass is 15.4. The van der Waals surface area contributed by atoms with Gasteiger partial charge in [0.1, 0.15) is 0 Å². The average Bonchev–Trinajstić information content (AvgIpc) is 2.74. The highest BCUT2D eigenvalue weighted by molar-refractivity contribution is 5.07. The number of rotatable bonds is 3. The van der Waals surface area contributed by atoms with Crippen molar-refractivity contribution in [3.8, 4) is 0 Å². The first-order chi connectivity index (χ1) is 9.24. The van der Waals surface area contributed by atoms with E-state index in [0.717, 1.165) is 41.8 Å². The molecular formula is C15H24N4. The first-order valence-corrected chi connectivity index (χ1v) is 7.83. The van der Waals surface area contributed by atoms with Crippen LogP contribution in [0.2, 0.25) is 0 Å². The number of nitrogens with zero attached hydrogens (tertiary/aromatic N) is 3. The minimum absolute atomic E-state index is 0.507. The lowest BCUT2D eigenvalue weighted by atomic mass is 9.52. The Balaban J connectivity index is 1.55. The molecule has 2 N–H and O–H groups in total. The lowest BCUT2D eigenvalue weighted by molar-refractivity contribution is -0.0446. The van der Waals surface area contributed by atoms with Gasteiger partial charge in [-0.15, -0.1) is 5.10 Å². The smallest absolute Gasteiger partial charge is 0.0991 e. The fourth-order valence-electron chi connectivity index (χ4n) is 5.29. The topological polar surface area (TPSA) is 56.7 Å². The highest BCUT2D eigenvalue weighted by Gasteiger charge is 2.48. The van der Waals surface area contributed by atoms with Gasteiger partial charge >= 0.3 is 0 Å². The summed E-state index contributed by atoms with van der Waals surface area (Å²) in [6, 6.07) is 0. The van der Waals surface area contributed by atoms with E-state index in [1.807, 2.05) is 0 Å². The Morgan fingerprint density at radius 1 is 1.11 bits per heavy atom. The molecule has 0 amide bonds. The Kier molecular flexibility index (Phi) is 2.69. The molecule has 4 bridgehead atoms. The van der Waals surface area contributed by atoms with E-state index in [9.17, 15) is 0 Å². The Hall–Kier alpha value is -0.900. The summed E-state index contributed by atoms with van der Waals surface area (Å²) in [5, 5.41) is 8.53. The van der Waals surface area contributed by atoms with Crippen LogP contribution in [0.25, 0.3) is 0 Å². The van der Waals surface area contributed by atoms with Crippen molar-refractivity contribution in [3.63, 3.8) is 0 Å². The van der Waals surface area contributed by atoms with E-state index in [0.29, 0.717) is 6.54 Å². The third kappa shape index (κ3) is 1.83. The van der Waals surface area contributed by atoms with Gasteiger partial charge in [-0.1, -0.05) is 5.21 Å². The van der Waals surface area contributed by atoms with E-state index in [-0.39, 0.29) is 0 Å². The van der Waals surface area contributed by atoms with E-state index in [1.165, 1.54) is 37.8 Å². The molecule has 19 heavy (non-hydrogen) atoms. The second kappa shape index (κ2) is 4.30. The zero-order valence-electron chi connectivity index (χ0n) is 11.8. The van der Waals surface area contributed by atoms with Crippen LogP contribution in [0.1, 0.15) is 43.5 Å². The van der Waals surface area contributed by atoms with Crippen LogP contribution in [0, 0.1) is 36.5 Å². The molecule has 0 atom stereocenters. The molecule has 0 unspecified atom stereocenters. The number of hydrogen-bond acceptors (Lipinski definition) is 3. The Morgan fingerprint density at radius 3 is 2.26 bits per heavy atom. The summed E-state index contributed by atoms with van der Waals surface area (Å²) in [5.41, 5.74) is 7.84. The Morgan fingerprint density at radius 2 is 1.74 bits per heavy atom. The molecular weight excluding hydrogens is 236 g/mol. The van der Waals surface area contributed by atoms with Gasteiger partial charge < -0.3 is 5.73 Å². The van der Waals surface area contributed by atoms with Crippen molar-refractivity contribution >= 4 is 0 Å². The normalized spacial score (nSPS) is 40.0. The third-order valence-corrected chi connectivity index (χ3v) is 6.08. The van der Waals surface area contributed by atoms with E-state index in [2.05, 4.69) is 21.9 Å². The molecule has 4 aliphatic carbocycles. The molecule has 4 nitrogen and oxygen atoms in total. The van der Waals surface area contributed by atoms with Gasteiger partial charge in [0.15, 0.2) is 0 Å². The minimum Gasteiger partial charge on any atom is -0.325 e. The largest absolute Gasteiger partial charge is 0.325 e. The molecule has 0 aromatic carbocycles.